The first-order valence-corrected chi connectivity index (χ1v) is 9.42. The first kappa shape index (κ1) is 20.8. The molecule has 0 aliphatic heterocycles. The molecule has 1 aromatic heterocycles. The zero-order valence-corrected chi connectivity index (χ0v) is 16.7. The molecule has 0 bridgehead atoms. The Morgan fingerprint density at radius 1 is 1.10 bits per heavy atom. The number of ether oxygens (including phenoxy) is 1. The molecular weight excluding hydrogens is 387 g/mol. The van der Waals surface area contributed by atoms with Crippen LogP contribution in [0.4, 0.5) is 33.2 Å². The molecule has 156 valence electrons. The van der Waals surface area contributed by atoms with Crippen molar-refractivity contribution in [2.24, 2.45) is 0 Å². The van der Waals surface area contributed by atoms with Crippen LogP contribution in [0.1, 0.15) is 6.92 Å². The number of benzene rings is 2. The molecule has 0 atom stereocenters. The van der Waals surface area contributed by atoms with Crippen LogP contribution < -0.4 is 26.0 Å². The zero-order chi connectivity index (χ0) is 21.3. The second-order valence-electron chi connectivity index (χ2n) is 6.21. The molecule has 0 unspecified atom stereocenters. The molecule has 0 saturated carbocycles. The van der Waals surface area contributed by atoms with Crippen LogP contribution in [0.2, 0.25) is 0 Å². The van der Waals surface area contributed by atoms with Gasteiger partial charge < -0.3 is 26.0 Å². The van der Waals surface area contributed by atoms with E-state index in [1.54, 1.807) is 31.3 Å². The fraction of sp³-hybridized carbons (Fsp3) is 0.190. The highest BCUT2D eigenvalue weighted by molar-refractivity contribution is 5.77. The summed E-state index contributed by atoms with van der Waals surface area (Å²) in [6, 6.07) is 14.4. The van der Waals surface area contributed by atoms with E-state index in [0.29, 0.717) is 23.7 Å². The molecule has 2 aromatic carbocycles. The number of nitrogens with one attached hydrogen (secondary N) is 4. The van der Waals surface area contributed by atoms with Gasteiger partial charge in [-0.15, -0.1) is 0 Å². The average molecular weight is 410 g/mol. The molecule has 0 aliphatic rings. The minimum atomic E-state index is -0.578. The van der Waals surface area contributed by atoms with Gasteiger partial charge in [-0.2, -0.15) is 4.98 Å². The van der Waals surface area contributed by atoms with Gasteiger partial charge in [0.25, 0.3) is 5.91 Å². The van der Waals surface area contributed by atoms with E-state index >= 15 is 0 Å². The molecule has 0 spiro atoms. The highest BCUT2D eigenvalue weighted by atomic mass is 19.1. The molecule has 0 aliphatic carbocycles. The van der Waals surface area contributed by atoms with Gasteiger partial charge in [0, 0.05) is 25.3 Å². The molecule has 9 heteroatoms. The standard InChI is InChI=1S/C21H23FN6O2/c1-3-24-19(29)13-30-15-8-6-7-14(11-15)26-21-25-12-16(22)20(28-21)27-18-10-5-4-9-17(18)23-2/h4-12,23H,3,13H2,1-2H3,(H,24,29)(H2,25,26,27,28). The van der Waals surface area contributed by atoms with Gasteiger partial charge in [-0.05, 0) is 31.2 Å². The Morgan fingerprint density at radius 3 is 2.67 bits per heavy atom. The van der Waals surface area contributed by atoms with E-state index in [1.807, 2.05) is 31.2 Å². The maximum absolute atomic E-state index is 14.2. The molecule has 1 amide bonds. The van der Waals surface area contributed by atoms with Crippen molar-refractivity contribution in [1.82, 2.24) is 15.3 Å². The fourth-order valence-electron chi connectivity index (χ4n) is 2.64. The molecule has 3 aromatic rings. The van der Waals surface area contributed by atoms with Crippen molar-refractivity contribution < 1.29 is 13.9 Å². The Bertz CT molecular complexity index is 1010. The quantitative estimate of drug-likeness (QED) is 0.427. The number of aromatic nitrogens is 2. The number of halogens is 1. The van der Waals surface area contributed by atoms with E-state index in [1.165, 1.54) is 0 Å². The molecular formula is C21H23FN6O2. The van der Waals surface area contributed by atoms with E-state index < -0.39 is 5.82 Å². The van der Waals surface area contributed by atoms with Crippen molar-refractivity contribution in [1.29, 1.82) is 0 Å². The first-order chi connectivity index (χ1) is 14.6. The van der Waals surface area contributed by atoms with Gasteiger partial charge in [-0.1, -0.05) is 18.2 Å². The number of rotatable bonds is 9. The van der Waals surface area contributed by atoms with Crippen LogP contribution >= 0.6 is 0 Å². The summed E-state index contributed by atoms with van der Waals surface area (Å²) >= 11 is 0. The Labute approximate surface area is 173 Å². The largest absolute Gasteiger partial charge is 0.484 e. The number of amides is 1. The smallest absolute Gasteiger partial charge is 0.257 e. The maximum Gasteiger partial charge on any atom is 0.257 e. The summed E-state index contributed by atoms with van der Waals surface area (Å²) in [6.45, 7) is 2.30. The maximum atomic E-state index is 14.2. The summed E-state index contributed by atoms with van der Waals surface area (Å²) in [6.07, 6.45) is 1.09. The van der Waals surface area contributed by atoms with Gasteiger partial charge in [0.15, 0.2) is 18.2 Å². The van der Waals surface area contributed by atoms with E-state index in [0.717, 1.165) is 11.9 Å². The van der Waals surface area contributed by atoms with Crippen LogP contribution in [-0.2, 0) is 4.79 Å². The van der Waals surface area contributed by atoms with Gasteiger partial charge in [0.2, 0.25) is 5.95 Å². The second-order valence-corrected chi connectivity index (χ2v) is 6.21. The lowest BCUT2D eigenvalue weighted by Gasteiger charge is -2.13. The highest BCUT2D eigenvalue weighted by Crippen LogP contribution is 2.26. The summed E-state index contributed by atoms with van der Waals surface area (Å²) < 4.78 is 19.7. The number of para-hydroxylation sites is 2. The number of carbonyl (C=O) groups is 1. The van der Waals surface area contributed by atoms with Crippen LogP contribution in [-0.4, -0.2) is 36.1 Å². The lowest BCUT2D eigenvalue weighted by Crippen LogP contribution is -2.28. The molecule has 0 fully saturated rings. The zero-order valence-electron chi connectivity index (χ0n) is 16.7. The van der Waals surface area contributed by atoms with Crippen LogP contribution in [0.15, 0.2) is 54.7 Å². The van der Waals surface area contributed by atoms with E-state index in [2.05, 4.69) is 31.2 Å². The second kappa shape index (κ2) is 10.1. The normalized spacial score (nSPS) is 10.2. The van der Waals surface area contributed by atoms with Crippen molar-refractivity contribution in [3.05, 3.63) is 60.5 Å². The molecule has 8 nitrogen and oxygen atoms in total. The molecule has 0 saturated heterocycles. The predicted octanol–water partition coefficient (Wildman–Crippen LogP) is 3.66. The summed E-state index contributed by atoms with van der Waals surface area (Å²) in [4.78, 5) is 19.8. The monoisotopic (exact) mass is 410 g/mol. The number of anilines is 5. The van der Waals surface area contributed by atoms with E-state index in [4.69, 9.17) is 4.74 Å². The van der Waals surface area contributed by atoms with Crippen molar-refractivity contribution in [3.8, 4) is 5.75 Å². The van der Waals surface area contributed by atoms with Crippen molar-refractivity contribution in [2.45, 2.75) is 6.92 Å². The third kappa shape index (κ3) is 5.57. The minimum Gasteiger partial charge on any atom is -0.484 e. The van der Waals surface area contributed by atoms with Crippen molar-refractivity contribution in [3.63, 3.8) is 0 Å². The molecule has 3 rings (SSSR count). The molecule has 0 radical (unpaired) electrons. The molecule has 30 heavy (non-hydrogen) atoms. The average Bonchev–Trinajstić information content (AvgIpc) is 2.75. The highest BCUT2D eigenvalue weighted by Gasteiger charge is 2.10. The van der Waals surface area contributed by atoms with Crippen molar-refractivity contribution in [2.75, 3.05) is 36.1 Å². The number of hydrogen-bond acceptors (Lipinski definition) is 7. The topological polar surface area (TPSA) is 100 Å². The lowest BCUT2D eigenvalue weighted by atomic mass is 10.2. The molecule has 4 N–H and O–H groups in total. The molecule has 1 heterocycles. The van der Waals surface area contributed by atoms with Gasteiger partial charge >= 0.3 is 0 Å². The Hall–Kier alpha value is -3.88. The van der Waals surface area contributed by atoms with Crippen LogP contribution in [0.25, 0.3) is 0 Å². The van der Waals surface area contributed by atoms with Crippen LogP contribution in [0.3, 0.4) is 0 Å². The predicted molar refractivity (Wildman–Crippen MR) is 115 cm³/mol. The lowest BCUT2D eigenvalue weighted by molar-refractivity contribution is -0.122. The minimum absolute atomic E-state index is 0.0406. The van der Waals surface area contributed by atoms with E-state index in [-0.39, 0.29) is 24.3 Å². The Kier molecular flexibility index (Phi) is 6.99. The van der Waals surface area contributed by atoms with Crippen LogP contribution in [0.5, 0.6) is 5.75 Å². The summed E-state index contributed by atoms with van der Waals surface area (Å²) in [5, 5.41) is 11.7. The van der Waals surface area contributed by atoms with Gasteiger partial charge in [-0.3, -0.25) is 4.79 Å². The summed E-state index contributed by atoms with van der Waals surface area (Å²) in [5.74, 6) is -0.0176. The SMILES string of the molecule is CCNC(=O)COc1cccc(Nc2ncc(F)c(Nc3ccccc3NC)n2)c1. The Balaban J connectivity index is 1.72. The van der Waals surface area contributed by atoms with Gasteiger partial charge in [0.1, 0.15) is 5.75 Å². The van der Waals surface area contributed by atoms with Gasteiger partial charge in [0.05, 0.1) is 17.6 Å². The number of hydrogen-bond donors (Lipinski definition) is 4. The van der Waals surface area contributed by atoms with E-state index in [9.17, 15) is 9.18 Å². The number of carbonyl (C=O) groups excluding carboxylic acids is 1. The summed E-state index contributed by atoms with van der Waals surface area (Å²) in [5.41, 5.74) is 2.13. The third-order valence-electron chi connectivity index (χ3n) is 4.03. The number of nitrogens with zero attached hydrogens (tertiary/aromatic N) is 2. The number of likely N-dealkylation sites (N-methyl/N-ethyl adjacent to an activating group) is 1. The van der Waals surface area contributed by atoms with Gasteiger partial charge in [-0.25, -0.2) is 9.37 Å². The first-order valence-electron chi connectivity index (χ1n) is 9.42. The van der Waals surface area contributed by atoms with Crippen LogP contribution in [0, 0.1) is 5.82 Å². The van der Waals surface area contributed by atoms with Crippen molar-refractivity contribution >= 4 is 34.7 Å². The summed E-state index contributed by atoms with van der Waals surface area (Å²) in [7, 11) is 1.78. The fourth-order valence-corrected chi connectivity index (χ4v) is 2.64. The third-order valence-corrected chi connectivity index (χ3v) is 4.03. The Morgan fingerprint density at radius 2 is 1.90 bits per heavy atom.